The van der Waals surface area contributed by atoms with E-state index in [9.17, 15) is 9.59 Å². The summed E-state index contributed by atoms with van der Waals surface area (Å²) in [5, 5.41) is 9.09. The Balaban J connectivity index is 2.83. The summed E-state index contributed by atoms with van der Waals surface area (Å²) >= 11 is 2.04. The minimum absolute atomic E-state index is 0.212. The molecule has 0 saturated heterocycles. The van der Waals surface area contributed by atoms with Crippen LogP contribution >= 0.6 is 22.6 Å². The van der Waals surface area contributed by atoms with Crippen molar-refractivity contribution in [3.8, 4) is 5.69 Å². The van der Waals surface area contributed by atoms with Crippen LogP contribution in [0.5, 0.6) is 0 Å². The molecule has 0 amide bonds. The molecule has 1 heterocycles. The first-order chi connectivity index (χ1) is 8.91. The summed E-state index contributed by atoms with van der Waals surface area (Å²) < 4.78 is 2.19. The van der Waals surface area contributed by atoms with Crippen LogP contribution in [-0.4, -0.2) is 15.6 Å². The largest absolute Gasteiger partial charge is 0.477 e. The van der Waals surface area contributed by atoms with Crippen molar-refractivity contribution >= 4 is 28.6 Å². The normalized spacial score (nSPS) is 10.5. The summed E-state index contributed by atoms with van der Waals surface area (Å²) in [6.45, 7) is 3.73. The van der Waals surface area contributed by atoms with Crippen molar-refractivity contribution in [3.05, 3.63) is 61.1 Å². The molecular formula is C14H12INO3. The van der Waals surface area contributed by atoms with E-state index >= 15 is 0 Å². The lowest BCUT2D eigenvalue weighted by Gasteiger charge is -2.13. The molecule has 0 spiro atoms. The van der Waals surface area contributed by atoms with Crippen molar-refractivity contribution < 1.29 is 9.90 Å². The summed E-state index contributed by atoms with van der Waals surface area (Å²) in [7, 11) is 0. The number of aryl methyl sites for hydroxylation is 1. The van der Waals surface area contributed by atoms with Gasteiger partial charge in [0.25, 0.3) is 5.56 Å². The maximum Gasteiger partial charge on any atom is 0.341 e. The molecule has 0 radical (unpaired) electrons. The second-order valence-corrected chi connectivity index (χ2v) is 5.44. The average molecular weight is 369 g/mol. The number of carboxylic acids is 1. The average Bonchev–Trinajstić information content (AvgIpc) is 2.34. The maximum atomic E-state index is 12.3. The van der Waals surface area contributed by atoms with Crippen LogP contribution < -0.4 is 5.56 Å². The van der Waals surface area contributed by atoms with Crippen LogP contribution in [0, 0.1) is 17.4 Å². The number of carbonyl (C=O) groups is 1. The smallest absolute Gasteiger partial charge is 0.341 e. The molecule has 0 aliphatic rings. The molecule has 2 aromatic rings. The van der Waals surface area contributed by atoms with E-state index < -0.39 is 11.5 Å². The first-order valence-corrected chi connectivity index (χ1v) is 6.72. The van der Waals surface area contributed by atoms with Gasteiger partial charge in [-0.25, -0.2) is 4.79 Å². The minimum atomic E-state index is -1.20. The Labute approximate surface area is 123 Å². The van der Waals surface area contributed by atoms with E-state index in [1.165, 1.54) is 10.6 Å². The molecule has 0 aliphatic carbocycles. The van der Waals surface area contributed by atoms with E-state index in [1.807, 2.05) is 47.7 Å². The van der Waals surface area contributed by atoms with Crippen LogP contribution in [0.4, 0.5) is 0 Å². The van der Waals surface area contributed by atoms with Crippen LogP contribution in [0.2, 0.25) is 0 Å². The van der Waals surface area contributed by atoms with Gasteiger partial charge in [-0.1, -0.05) is 12.1 Å². The van der Waals surface area contributed by atoms with Crippen molar-refractivity contribution in [2.45, 2.75) is 13.8 Å². The van der Waals surface area contributed by atoms with Gasteiger partial charge in [0.15, 0.2) is 0 Å². The van der Waals surface area contributed by atoms with Crippen LogP contribution in [0.1, 0.15) is 21.6 Å². The third kappa shape index (κ3) is 2.56. The van der Waals surface area contributed by atoms with Crippen LogP contribution in [0.3, 0.4) is 0 Å². The highest BCUT2D eigenvalue weighted by Gasteiger charge is 2.16. The van der Waals surface area contributed by atoms with Crippen molar-refractivity contribution in [1.29, 1.82) is 0 Å². The highest BCUT2D eigenvalue weighted by molar-refractivity contribution is 14.1. The number of carboxylic acid groups (broad SMARTS) is 1. The molecule has 5 heteroatoms. The molecule has 1 aromatic heterocycles. The highest BCUT2D eigenvalue weighted by atomic mass is 127. The van der Waals surface area contributed by atoms with Crippen molar-refractivity contribution in [2.75, 3.05) is 0 Å². The Morgan fingerprint density at radius 1 is 1.26 bits per heavy atom. The fourth-order valence-electron chi connectivity index (χ4n) is 1.90. The van der Waals surface area contributed by atoms with E-state index in [-0.39, 0.29) is 5.56 Å². The molecule has 0 aliphatic heterocycles. The van der Waals surface area contributed by atoms with Gasteiger partial charge in [0.1, 0.15) is 5.56 Å². The molecule has 0 bridgehead atoms. The fourth-order valence-corrected chi connectivity index (χ4v) is 2.46. The van der Waals surface area contributed by atoms with Crippen LogP contribution in [0.15, 0.2) is 35.1 Å². The predicted octanol–water partition coefficient (Wildman–Crippen LogP) is 2.76. The van der Waals surface area contributed by atoms with Crippen LogP contribution in [0.25, 0.3) is 5.69 Å². The third-order valence-corrected chi connectivity index (χ3v) is 3.97. The lowest BCUT2D eigenvalue weighted by molar-refractivity contribution is 0.0694. The molecule has 98 valence electrons. The second-order valence-electron chi connectivity index (χ2n) is 4.28. The quantitative estimate of drug-likeness (QED) is 0.829. The van der Waals surface area contributed by atoms with Gasteiger partial charge in [0, 0.05) is 15.0 Å². The monoisotopic (exact) mass is 369 g/mol. The maximum absolute atomic E-state index is 12.3. The second kappa shape index (κ2) is 5.16. The number of rotatable bonds is 2. The Kier molecular flexibility index (Phi) is 3.75. The molecule has 19 heavy (non-hydrogen) atoms. The topological polar surface area (TPSA) is 59.3 Å². The lowest BCUT2D eigenvalue weighted by atomic mass is 10.2. The first kappa shape index (κ1) is 13.8. The number of hydrogen-bond donors (Lipinski definition) is 1. The third-order valence-electron chi connectivity index (χ3n) is 2.88. The van der Waals surface area contributed by atoms with Crippen molar-refractivity contribution in [2.24, 2.45) is 0 Å². The summed E-state index contributed by atoms with van der Waals surface area (Å²) in [4.78, 5) is 23.4. The molecule has 0 fully saturated rings. The van der Waals surface area contributed by atoms with E-state index in [4.69, 9.17) is 5.11 Å². The lowest BCUT2D eigenvalue weighted by Crippen LogP contribution is -2.27. The molecule has 0 saturated carbocycles. The van der Waals surface area contributed by atoms with Gasteiger partial charge in [0.05, 0.1) is 0 Å². The highest BCUT2D eigenvalue weighted by Crippen LogP contribution is 2.16. The zero-order chi connectivity index (χ0) is 14.2. The van der Waals surface area contributed by atoms with Gasteiger partial charge < -0.3 is 5.11 Å². The number of nitrogens with zero attached hydrogens (tertiary/aromatic N) is 1. The molecule has 1 aromatic carbocycles. The van der Waals surface area contributed by atoms with Gasteiger partial charge in [-0.2, -0.15) is 0 Å². The minimum Gasteiger partial charge on any atom is -0.477 e. The number of hydrogen-bond acceptors (Lipinski definition) is 2. The summed E-state index contributed by atoms with van der Waals surface area (Å²) in [5.41, 5.74) is 1.72. The van der Waals surface area contributed by atoms with Gasteiger partial charge >= 0.3 is 5.97 Å². The Morgan fingerprint density at radius 3 is 2.53 bits per heavy atom. The van der Waals surface area contributed by atoms with E-state index in [2.05, 4.69) is 0 Å². The molecule has 1 N–H and O–H groups in total. The summed E-state index contributed by atoms with van der Waals surface area (Å²) in [5.74, 6) is -1.20. The predicted molar refractivity (Wildman–Crippen MR) is 81.2 cm³/mol. The number of benzene rings is 1. The number of pyridine rings is 1. The zero-order valence-corrected chi connectivity index (χ0v) is 12.6. The van der Waals surface area contributed by atoms with Crippen molar-refractivity contribution in [3.63, 3.8) is 0 Å². The van der Waals surface area contributed by atoms with Gasteiger partial charge in [0.2, 0.25) is 0 Å². The number of aromatic nitrogens is 1. The number of halogens is 1. The van der Waals surface area contributed by atoms with Crippen LogP contribution in [-0.2, 0) is 0 Å². The molecular weight excluding hydrogens is 357 g/mol. The van der Waals surface area contributed by atoms with Crippen molar-refractivity contribution in [1.82, 2.24) is 4.57 Å². The fraction of sp³-hybridized carbons (Fsp3) is 0.143. The Hall–Kier alpha value is -1.63. The Morgan fingerprint density at radius 2 is 1.95 bits per heavy atom. The zero-order valence-electron chi connectivity index (χ0n) is 10.5. The molecule has 0 unspecified atom stereocenters. The SMILES string of the molecule is Cc1cccc(-n2c(C)c(I)cc(C(=O)O)c2=O)c1. The number of aromatic carboxylic acids is 1. The Bertz CT molecular complexity index is 719. The summed E-state index contributed by atoms with van der Waals surface area (Å²) in [6, 6.07) is 8.83. The van der Waals surface area contributed by atoms with Gasteiger partial charge in [-0.3, -0.25) is 9.36 Å². The van der Waals surface area contributed by atoms with E-state index in [1.54, 1.807) is 13.0 Å². The molecule has 2 rings (SSSR count). The van der Waals surface area contributed by atoms with E-state index in [0.717, 1.165) is 14.8 Å². The van der Waals surface area contributed by atoms with E-state index in [0.29, 0.717) is 5.69 Å². The van der Waals surface area contributed by atoms with Gasteiger partial charge in [-0.15, -0.1) is 0 Å². The molecule has 0 atom stereocenters. The summed E-state index contributed by atoms with van der Waals surface area (Å²) in [6.07, 6.45) is 0. The molecule has 4 nitrogen and oxygen atoms in total. The first-order valence-electron chi connectivity index (χ1n) is 5.64. The van der Waals surface area contributed by atoms with Gasteiger partial charge in [-0.05, 0) is 60.2 Å². The standard InChI is InChI=1S/C14H12INO3/c1-8-4-3-5-10(6-8)16-9(2)12(15)7-11(13(16)17)14(18)19/h3-7H,1-2H3,(H,18,19).